The molecule has 3 aromatic rings. The molecule has 176 valence electrons. The van der Waals surface area contributed by atoms with Gasteiger partial charge in [-0.15, -0.1) is 0 Å². The molecule has 0 spiro atoms. The molecule has 0 bridgehead atoms. The third kappa shape index (κ3) is 4.68. The largest absolute Gasteiger partial charge is 0.358 e. The molecule has 0 unspecified atom stereocenters. The Balaban J connectivity index is 1.61. The number of likely N-dealkylation sites (N-methyl/N-ethyl adjacent to an activating group) is 1. The Hall–Kier alpha value is -3.64. The van der Waals surface area contributed by atoms with Crippen molar-refractivity contribution < 1.29 is 9.59 Å². The molecule has 0 fully saturated rings. The van der Waals surface area contributed by atoms with Crippen LogP contribution in [0.1, 0.15) is 46.7 Å². The van der Waals surface area contributed by atoms with Crippen LogP contribution in [0.2, 0.25) is 0 Å². The van der Waals surface area contributed by atoms with Crippen LogP contribution in [0.15, 0.2) is 48.5 Å². The predicted octanol–water partition coefficient (Wildman–Crippen LogP) is 4.86. The van der Waals surface area contributed by atoms with Gasteiger partial charge in [-0.05, 0) is 61.8 Å². The summed E-state index contributed by atoms with van der Waals surface area (Å²) < 4.78 is 0. The average Bonchev–Trinajstić information content (AvgIpc) is 3.31. The second kappa shape index (κ2) is 10.1. The molecule has 0 radical (unpaired) electrons. The van der Waals surface area contributed by atoms with Gasteiger partial charge in [0.2, 0.25) is 0 Å². The van der Waals surface area contributed by atoms with Crippen molar-refractivity contribution in [3.05, 3.63) is 76.6 Å². The molecule has 0 saturated carbocycles. The highest BCUT2D eigenvalue weighted by atomic mass is 16.2. The quantitative estimate of drug-likeness (QED) is 0.424. The number of aromatic nitrogens is 1. The van der Waals surface area contributed by atoms with E-state index in [1.54, 1.807) is 0 Å². The number of anilines is 1. The lowest BCUT2D eigenvalue weighted by Crippen LogP contribution is -2.35. The number of carbonyl (C=O) groups excluding carboxylic acids is 2. The summed E-state index contributed by atoms with van der Waals surface area (Å²) in [7, 11) is 0. The summed E-state index contributed by atoms with van der Waals surface area (Å²) in [6.07, 6.45) is 1.85. The van der Waals surface area contributed by atoms with Crippen LogP contribution in [0, 0.1) is 13.8 Å². The molecule has 2 amide bonds. The van der Waals surface area contributed by atoms with Crippen molar-refractivity contribution in [3.63, 3.8) is 0 Å². The van der Waals surface area contributed by atoms with Crippen LogP contribution < -0.4 is 10.6 Å². The maximum absolute atomic E-state index is 12.9. The average molecular weight is 457 g/mol. The second-order valence-electron chi connectivity index (χ2n) is 8.58. The number of rotatable bonds is 8. The first-order valence-electron chi connectivity index (χ1n) is 11.9. The van der Waals surface area contributed by atoms with Gasteiger partial charge in [-0.2, -0.15) is 0 Å². The summed E-state index contributed by atoms with van der Waals surface area (Å²) in [5.41, 5.74) is 7.44. The molecule has 0 aliphatic carbocycles. The van der Waals surface area contributed by atoms with E-state index in [4.69, 9.17) is 0 Å². The Morgan fingerprint density at radius 2 is 1.76 bits per heavy atom. The molecule has 6 nitrogen and oxygen atoms in total. The number of nitrogens with one attached hydrogen (secondary N) is 3. The van der Waals surface area contributed by atoms with Crippen molar-refractivity contribution >= 4 is 29.2 Å². The van der Waals surface area contributed by atoms with Gasteiger partial charge in [0.05, 0.1) is 11.1 Å². The molecule has 1 aliphatic rings. The van der Waals surface area contributed by atoms with E-state index in [0.717, 1.165) is 59.0 Å². The highest BCUT2D eigenvalue weighted by molar-refractivity contribution is 6.35. The first-order valence-corrected chi connectivity index (χ1v) is 11.9. The van der Waals surface area contributed by atoms with Crippen molar-refractivity contribution in [2.45, 2.75) is 27.7 Å². The van der Waals surface area contributed by atoms with Crippen LogP contribution in [0.25, 0.3) is 22.8 Å². The third-order valence-electron chi connectivity index (χ3n) is 6.51. The van der Waals surface area contributed by atoms with Crippen molar-refractivity contribution in [3.8, 4) is 11.1 Å². The van der Waals surface area contributed by atoms with Gasteiger partial charge in [-0.1, -0.05) is 50.2 Å². The Labute approximate surface area is 201 Å². The lowest BCUT2D eigenvalue weighted by Gasteiger charge is -2.18. The lowest BCUT2D eigenvalue weighted by atomic mass is 9.98. The van der Waals surface area contributed by atoms with E-state index in [1.165, 1.54) is 0 Å². The number of benzene rings is 2. The highest BCUT2D eigenvalue weighted by Crippen LogP contribution is 2.36. The summed E-state index contributed by atoms with van der Waals surface area (Å²) in [6.45, 7) is 11.4. The molecule has 2 aromatic carbocycles. The Bertz CT molecular complexity index is 1240. The Morgan fingerprint density at radius 3 is 2.47 bits per heavy atom. The number of aromatic amines is 1. The summed E-state index contributed by atoms with van der Waals surface area (Å²) in [6, 6.07) is 16.1. The van der Waals surface area contributed by atoms with E-state index >= 15 is 0 Å². The van der Waals surface area contributed by atoms with Gasteiger partial charge < -0.3 is 20.5 Å². The fourth-order valence-electron chi connectivity index (χ4n) is 4.50. The number of fused-ring (bicyclic) bond motifs is 1. The van der Waals surface area contributed by atoms with E-state index in [2.05, 4.69) is 46.5 Å². The predicted molar refractivity (Wildman–Crippen MR) is 139 cm³/mol. The van der Waals surface area contributed by atoms with Gasteiger partial charge in [0.1, 0.15) is 0 Å². The van der Waals surface area contributed by atoms with Gasteiger partial charge in [0.25, 0.3) is 11.8 Å². The first-order chi connectivity index (χ1) is 16.4. The zero-order valence-electron chi connectivity index (χ0n) is 20.3. The van der Waals surface area contributed by atoms with Crippen LogP contribution in [0.5, 0.6) is 0 Å². The molecular formula is C28H32N4O2. The molecular weight excluding hydrogens is 424 g/mol. The highest BCUT2D eigenvalue weighted by Gasteiger charge is 2.26. The van der Waals surface area contributed by atoms with Crippen molar-refractivity contribution in [1.82, 2.24) is 15.2 Å². The molecule has 1 aromatic heterocycles. The third-order valence-corrected chi connectivity index (χ3v) is 6.51. The standard InChI is InChI=1S/C28H32N4O2/c1-5-32(6-2)15-14-29-28(34)26-18(3)25(30-19(26)4)17-23-22-16-21(20-10-8-7-9-11-20)12-13-24(22)31-27(23)33/h7-13,16-17,30H,5-6,14-15H2,1-4H3,(H,29,34)(H,31,33)/b23-17-. The first kappa shape index (κ1) is 23.5. The summed E-state index contributed by atoms with van der Waals surface area (Å²) in [5, 5.41) is 5.99. The maximum Gasteiger partial charge on any atom is 0.256 e. The van der Waals surface area contributed by atoms with Crippen LogP contribution in [-0.2, 0) is 4.79 Å². The van der Waals surface area contributed by atoms with Crippen molar-refractivity contribution in [2.75, 3.05) is 31.5 Å². The number of amides is 2. The minimum Gasteiger partial charge on any atom is -0.358 e. The van der Waals surface area contributed by atoms with Crippen LogP contribution in [0.3, 0.4) is 0 Å². The lowest BCUT2D eigenvalue weighted by molar-refractivity contribution is -0.110. The maximum atomic E-state index is 12.9. The molecule has 2 heterocycles. The topological polar surface area (TPSA) is 77.2 Å². The smallest absolute Gasteiger partial charge is 0.256 e. The number of carbonyl (C=O) groups is 2. The van der Waals surface area contributed by atoms with E-state index < -0.39 is 0 Å². The number of hydrogen-bond donors (Lipinski definition) is 3. The summed E-state index contributed by atoms with van der Waals surface area (Å²) >= 11 is 0. The zero-order valence-corrected chi connectivity index (χ0v) is 20.3. The van der Waals surface area contributed by atoms with Crippen LogP contribution in [-0.4, -0.2) is 47.9 Å². The van der Waals surface area contributed by atoms with Gasteiger partial charge in [0, 0.05) is 35.7 Å². The van der Waals surface area contributed by atoms with Crippen molar-refractivity contribution in [1.29, 1.82) is 0 Å². The Kier molecular flexibility index (Phi) is 6.98. The molecule has 1 aliphatic heterocycles. The van der Waals surface area contributed by atoms with E-state index in [0.29, 0.717) is 17.7 Å². The fraction of sp³-hybridized carbons (Fsp3) is 0.286. The molecule has 4 rings (SSSR count). The van der Waals surface area contributed by atoms with Crippen molar-refractivity contribution in [2.24, 2.45) is 0 Å². The van der Waals surface area contributed by atoms with Gasteiger partial charge in [-0.3, -0.25) is 9.59 Å². The Morgan fingerprint density at radius 1 is 1.03 bits per heavy atom. The molecule has 0 atom stereocenters. The van der Waals surface area contributed by atoms with Crippen LogP contribution in [0.4, 0.5) is 5.69 Å². The molecule has 0 saturated heterocycles. The molecule has 3 N–H and O–H groups in total. The van der Waals surface area contributed by atoms with E-state index in [9.17, 15) is 9.59 Å². The number of nitrogens with zero attached hydrogens (tertiary/aromatic N) is 1. The molecule has 34 heavy (non-hydrogen) atoms. The normalized spacial score (nSPS) is 13.9. The minimum absolute atomic E-state index is 0.0920. The van der Waals surface area contributed by atoms with E-state index in [-0.39, 0.29) is 11.8 Å². The molecule has 6 heteroatoms. The zero-order chi connectivity index (χ0) is 24.2. The fourth-order valence-corrected chi connectivity index (χ4v) is 4.50. The number of aryl methyl sites for hydroxylation is 1. The second-order valence-corrected chi connectivity index (χ2v) is 8.58. The van der Waals surface area contributed by atoms with Crippen LogP contribution >= 0.6 is 0 Å². The summed E-state index contributed by atoms with van der Waals surface area (Å²) in [4.78, 5) is 31.3. The SMILES string of the molecule is CCN(CC)CCNC(=O)c1c(C)[nH]c(/C=C2\C(=O)Nc3ccc(-c4ccccc4)cc32)c1C. The number of H-pyrrole nitrogens is 1. The monoisotopic (exact) mass is 456 g/mol. The summed E-state index contributed by atoms with van der Waals surface area (Å²) in [5.74, 6) is -0.234. The van der Waals surface area contributed by atoms with Gasteiger partial charge >= 0.3 is 0 Å². The van der Waals surface area contributed by atoms with Gasteiger partial charge in [0.15, 0.2) is 0 Å². The van der Waals surface area contributed by atoms with Gasteiger partial charge in [-0.25, -0.2) is 0 Å². The minimum atomic E-state index is -0.142. The number of hydrogen-bond acceptors (Lipinski definition) is 3. The van der Waals surface area contributed by atoms with E-state index in [1.807, 2.05) is 56.3 Å².